The molecule has 4 heteroatoms. The Morgan fingerprint density at radius 1 is 0.958 bits per heavy atom. The van der Waals surface area contributed by atoms with Crippen LogP contribution in [0.2, 0.25) is 10.0 Å². The van der Waals surface area contributed by atoms with Crippen LogP contribution in [-0.4, -0.2) is 11.6 Å². The van der Waals surface area contributed by atoms with Crippen molar-refractivity contribution >= 4 is 34.8 Å². The summed E-state index contributed by atoms with van der Waals surface area (Å²) in [5.74, 6) is -0.0870. The molecule has 2 aromatic carbocycles. The van der Waals surface area contributed by atoms with Gasteiger partial charge in [-0.25, -0.2) is 0 Å². The molecular weight excluding hydrogens is 343 g/mol. The maximum absolute atomic E-state index is 12.7. The number of carbonyl (C=O) groups is 2. The largest absolute Gasteiger partial charge is 0.294 e. The van der Waals surface area contributed by atoms with Gasteiger partial charge in [0.05, 0.1) is 0 Å². The number of halogens is 2. The van der Waals surface area contributed by atoms with Crippen LogP contribution >= 0.6 is 23.2 Å². The van der Waals surface area contributed by atoms with E-state index in [2.05, 4.69) is 0 Å². The number of allylic oxidation sites excluding steroid dienone is 2. The van der Waals surface area contributed by atoms with Gasteiger partial charge in [-0.2, -0.15) is 0 Å². The van der Waals surface area contributed by atoms with Gasteiger partial charge in [-0.05, 0) is 48.6 Å². The molecule has 0 heterocycles. The second-order valence-electron chi connectivity index (χ2n) is 5.91. The van der Waals surface area contributed by atoms with E-state index in [0.29, 0.717) is 33.2 Å². The van der Waals surface area contributed by atoms with Crippen LogP contribution in [0.1, 0.15) is 40.0 Å². The molecule has 0 saturated heterocycles. The van der Waals surface area contributed by atoms with Gasteiger partial charge >= 0.3 is 0 Å². The number of hydrogen-bond donors (Lipinski definition) is 0. The lowest BCUT2D eigenvalue weighted by Gasteiger charge is -2.14. The van der Waals surface area contributed by atoms with Gasteiger partial charge in [0.1, 0.15) is 0 Å². The highest BCUT2D eigenvalue weighted by atomic mass is 35.5. The predicted octanol–water partition coefficient (Wildman–Crippen LogP) is 5.79. The van der Waals surface area contributed by atoms with E-state index in [9.17, 15) is 9.59 Å². The number of benzene rings is 2. The predicted molar refractivity (Wildman–Crippen MR) is 97.0 cm³/mol. The summed E-state index contributed by atoms with van der Waals surface area (Å²) in [4.78, 5) is 25.2. The molecule has 0 aliphatic heterocycles. The number of rotatable bonds is 5. The normalized spacial score (nSPS) is 16.8. The van der Waals surface area contributed by atoms with Crippen LogP contribution in [0.25, 0.3) is 0 Å². The fraction of sp³-hybridized carbons (Fsp3) is 0.200. The Balaban J connectivity index is 1.76. The summed E-state index contributed by atoms with van der Waals surface area (Å²) >= 11 is 11.9. The molecular formula is C20H16Cl2O2. The van der Waals surface area contributed by atoms with Gasteiger partial charge in [0, 0.05) is 27.6 Å². The Morgan fingerprint density at radius 2 is 1.58 bits per heavy atom. The monoisotopic (exact) mass is 358 g/mol. The molecule has 0 saturated carbocycles. The van der Waals surface area contributed by atoms with Crippen molar-refractivity contribution in [2.75, 3.05) is 0 Å². The highest BCUT2D eigenvalue weighted by molar-refractivity contribution is 6.31. The Hall–Kier alpha value is -1.90. The third-order valence-corrected chi connectivity index (χ3v) is 4.72. The average Bonchev–Trinajstić information content (AvgIpc) is 3.02. The van der Waals surface area contributed by atoms with E-state index in [0.717, 1.165) is 12.8 Å². The summed E-state index contributed by atoms with van der Waals surface area (Å²) in [7, 11) is 0. The molecule has 2 nitrogen and oxygen atoms in total. The first-order chi connectivity index (χ1) is 11.5. The minimum Gasteiger partial charge on any atom is -0.294 e. The molecule has 0 N–H and O–H groups in total. The van der Waals surface area contributed by atoms with Gasteiger partial charge in [0.25, 0.3) is 0 Å². The number of ketones is 2. The molecule has 0 aromatic heterocycles. The molecule has 24 heavy (non-hydrogen) atoms. The van der Waals surface area contributed by atoms with E-state index in [1.54, 1.807) is 48.5 Å². The first kappa shape index (κ1) is 16.9. The summed E-state index contributed by atoms with van der Waals surface area (Å²) in [6.07, 6.45) is 3.89. The van der Waals surface area contributed by atoms with Gasteiger partial charge in [0.15, 0.2) is 11.6 Å². The quantitative estimate of drug-likeness (QED) is 0.634. The number of carbonyl (C=O) groups excluding carboxylic acids is 2. The van der Waals surface area contributed by atoms with Crippen molar-refractivity contribution in [2.24, 2.45) is 5.92 Å². The van der Waals surface area contributed by atoms with E-state index in [-0.39, 0.29) is 17.5 Å². The third kappa shape index (κ3) is 3.77. The second-order valence-corrected chi connectivity index (χ2v) is 6.78. The van der Waals surface area contributed by atoms with Crippen LogP contribution < -0.4 is 0 Å². The van der Waals surface area contributed by atoms with Crippen molar-refractivity contribution in [1.82, 2.24) is 0 Å². The van der Waals surface area contributed by atoms with Crippen LogP contribution in [0.4, 0.5) is 0 Å². The van der Waals surface area contributed by atoms with Gasteiger partial charge in [0.2, 0.25) is 0 Å². The Bertz CT molecular complexity index is 824. The van der Waals surface area contributed by atoms with Gasteiger partial charge in [-0.3, -0.25) is 9.59 Å². The minimum atomic E-state index is -0.0528. The minimum absolute atomic E-state index is 0.00851. The molecule has 122 valence electrons. The topological polar surface area (TPSA) is 34.1 Å². The van der Waals surface area contributed by atoms with Crippen molar-refractivity contribution in [3.8, 4) is 0 Å². The molecule has 1 atom stereocenters. The average molecular weight is 359 g/mol. The van der Waals surface area contributed by atoms with E-state index < -0.39 is 0 Å². The SMILES string of the molecule is O=C(C[C@@H]1CCC=C1C(=O)c1cccc(Cl)c1)c1cccc(Cl)c1. The van der Waals surface area contributed by atoms with Crippen LogP contribution in [0.3, 0.4) is 0 Å². The second kappa shape index (κ2) is 7.33. The van der Waals surface area contributed by atoms with Crippen LogP contribution in [-0.2, 0) is 0 Å². The van der Waals surface area contributed by atoms with Crippen molar-refractivity contribution in [3.63, 3.8) is 0 Å². The summed E-state index contributed by atoms with van der Waals surface area (Å²) in [5.41, 5.74) is 1.87. The molecule has 2 aromatic rings. The summed E-state index contributed by atoms with van der Waals surface area (Å²) in [6, 6.07) is 13.8. The highest BCUT2D eigenvalue weighted by Gasteiger charge is 2.28. The molecule has 1 aliphatic rings. The molecule has 1 aliphatic carbocycles. The van der Waals surface area contributed by atoms with Crippen molar-refractivity contribution in [2.45, 2.75) is 19.3 Å². The van der Waals surface area contributed by atoms with E-state index in [4.69, 9.17) is 23.2 Å². The van der Waals surface area contributed by atoms with Crippen LogP contribution in [0, 0.1) is 5.92 Å². The van der Waals surface area contributed by atoms with Crippen molar-refractivity contribution in [1.29, 1.82) is 0 Å². The lowest BCUT2D eigenvalue weighted by Crippen LogP contribution is -2.14. The number of hydrogen-bond acceptors (Lipinski definition) is 2. The van der Waals surface area contributed by atoms with E-state index >= 15 is 0 Å². The third-order valence-electron chi connectivity index (χ3n) is 4.25. The smallest absolute Gasteiger partial charge is 0.189 e. The Morgan fingerprint density at radius 3 is 2.25 bits per heavy atom. The van der Waals surface area contributed by atoms with Crippen LogP contribution in [0.15, 0.2) is 60.2 Å². The first-order valence-electron chi connectivity index (χ1n) is 7.83. The number of Topliss-reactive ketones (excluding diaryl/α,β-unsaturated/α-hetero) is 2. The molecule has 0 amide bonds. The van der Waals surface area contributed by atoms with E-state index in [1.165, 1.54) is 0 Å². The molecule has 0 radical (unpaired) electrons. The molecule has 0 spiro atoms. The fourth-order valence-corrected chi connectivity index (χ4v) is 3.43. The lowest BCUT2D eigenvalue weighted by molar-refractivity contribution is 0.0960. The van der Waals surface area contributed by atoms with Crippen molar-refractivity contribution in [3.05, 3.63) is 81.4 Å². The summed E-state index contributed by atoms with van der Waals surface area (Å²) in [5, 5.41) is 1.07. The standard InChI is InChI=1S/C20H16Cl2O2/c21-16-7-1-5-14(10-16)19(23)12-13-4-3-9-18(13)20(24)15-6-2-8-17(22)11-15/h1-2,5-11,13H,3-4,12H2/t13-/m0/s1. The molecule has 0 fully saturated rings. The molecule has 0 bridgehead atoms. The van der Waals surface area contributed by atoms with Gasteiger partial charge in [-0.15, -0.1) is 0 Å². The first-order valence-corrected chi connectivity index (χ1v) is 8.59. The van der Waals surface area contributed by atoms with Crippen LogP contribution in [0.5, 0.6) is 0 Å². The van der Waals surface area contributed by atoms with Gasteiger partial charge in [-0.1, -0.05) is 53.5 Å². The summed E-state index contributed by atoms with van der Waals surface area (Å²) in [6.45, 7) is 0. The molecule has 3 rings (SSSR count). The zero-order valence-electron chi connectivity index (χ0n) is 13.0. The zero-order valence-corrected chi connectivity index (χ0v) is 14.5. The lowest BCUT2D eigenvalue weighted by atomic mass is 9.88. The maximum atomic E-state index is 12.7. The maximum Gasteiger partial charge on any atom is 0.189 e. The highest BCUT2D eigenvalue weighted by Crippen LogP contribution is 2.32. The Labute approximate surface area is 151 Å². The fourth-order valence-electron chi connectivity index (χ4n) is 3.05. The Kier molecular flexibility index (Phi) is 5.17. The van der Waals surface area contributed by atoms with Crippen molar-refractivity contribution < 1.29 is 9.59 Å². The summed E-state index contributed by atoms with van der Waals surface area (Å²) < 4.78 is 0. The molecule has 0 unspecified atom stereocenters. The van der Waals surface area contributed by atoms with Gasteiger partial charge < -0.3 is 0 Å². The zero-order chi connectivity index (χ0) is 17.1. The van der Waals surface area contributed by atoms with E-state index in [1.807, 2.05) is 6.08 Å².